The standard InChI is InChI=1S/C18H23N/c1-2-5-15-9-11-17(12-10-15)18-8-3-6-16(14-18)7-4-13-19/h3,6,8-12,14H,2,4-5,7,13,19H2,1H3. The summed E-state index contributed by atoms with van der Waals surface area (Å²) < 4.78 is 0. The van der Waals surface area contributed by atoms with Gasteiger partial charge in [-0.15, -0.1) is 0 Å². The lowest BCUT2D eigenvalue weighted by atomic mass is 9.99. The number of benzene rings is 2. The first-order chi connectivity index (χ1) is 9.33. The molecule has 19 heavy (non-hydrogen) atoms. The van der Waals surface area contributed by atoms with Crippen molar-refractivity contribution in [3.8, 4) is 11.1 Å². The molecule has 1 heteroatoms. The summed E-state index contributed by atoms with van der Waals surface area (Å²) >= 11 is 0. The highest BCUT2D eigenvalue weighted by molar-refractivity contribution is 5.64. The van der Waals surface area contributed by atoms with Crippen molar-refractivity contribution < 1.29 is 0 Å². The van der Waals surface area contributed by atoms with E-state index in [1.165, 1.54) is 28.7 Å². The third kappa shape index (κ3) is 3.93. The molecule has 2 aromatic carbocycles. The van der Waals surface area contributed by atoms with Crippen LogP contribution in [-0.4, -0.2) is 6.54 Å². The van der Waals surface area contributed by atoms with Crippen LogP contribution >= 0.6 is 0 Å². The molecule has 0 radical (unpaired) electrons. The van der Waals surface area contributed by atoms with Crippen molar-refractivity contribution in [3.63, 3.8) is 0 Å². The molecule has 1 nitrogen and oxygen atoms in total. The molecule has 0 fully saturated rings. The van der Waals surface area contributed by atoms with Gasteiger partial charge in [0.1, 0.15) is 0 Å². The minimum absolute atomic E-state index is 0.760. The molecular formula is C18H23N. The van der Waals surface area contributed by atoms with Crippen molar-refractivity contribution in [1.29, 1.82) is 0 Å². The van der Waals surface area contributed by atoms with Crippen LogP contribution in [0.2, 0.25) is 0 Å². The van der Waals surface area contributed by atoms with E-state index in [9.17, 15) is 0 Å². The topological polar surface area (TPSA) is 26.0 Å². The zero-order valence-electron chi connectivity index (χ0n) is 11.7. The Morgan fingerprint density at radius 2 is 1.63 bits per heavy atom. The average molecular weight is 253 g/mol. The van der Waals surface area contributed by atoms with Crippen molar-refractivity contribution in [2.24, 2.45) is 5.73 Å². The van der Waals surface area contributed by atoms with E-state index in [-0.39, 0.29) is 0 Å². The molecule has 2 rings (SSSR count). The largest absolute Gasteiger partial charge is 0.330 e. The van der Waals surface area contributed by atoms with Gasteiger partial charge in [-0.05, 0) is 48.1 Å². The maximum absolute atomic E-state index is 5.57. The molecule has 0 saturated carbocycles. The molecule has 0 atom stereocenters. The third-order valence-electron chi connectivity index (χ3n) is 3.42. The summed E-state index contributed by atoms with van der Waals surface area (Å²) in [5.74, 6) is 0. The number of nitrogens with two attached hydrogens (primary N) is 1. The van der Waals surface area contributed by atoms with Crippen LogP contribution in [0.3, 0.4) is 0 Å². The first-order valence-electron chi connectivity index (χ1n) is 7.22. The third-order valence-corrected chi connectivity index (χ3v) is 3.42. The maximum atomic E-state index is 5.57. The van der Waals surface area contributed by atoms with Crippen molar-refractivity contribution in [2.45, 2.75) is 32.6 Å². The number of aryl methyl sites for hydroxylation is 2. The fourth-order valence-electron chi connectivity index (χ4n) is 2.37. The highest BCUT2D eigenvalue weighted by Crippen LogP contribution is 2.22. The summed E-state index contributed by atoms with van der Waals surface area (Å²) in [7, 11) is 0. The van der Waals surface area contributed by atoms with Crippen LogP contribution in [0, 0.1) is 0 Å². The molecule has 100 valence electrons. The molecule has 0 spiro atoms. The molecule has 0 aliphatic heterocycles. The van der Waals surface area contributed by atoms with Crippen LogP contribution in [0.15, 0.2) is 48.5 Å². The summed E-state index contributed by atoms with van der Waals surface area (Å²) in [6, 6.07) is 17.7. The van der Waals surface area contributed by atoms with Crippen molar-refractivity contribution >= 4 is 0 Å². The molecule has 0 aromatic heterocycles. The fourth-order valence-corrected chi connectivity index (χ4v) is 2.37. The van der Waals surface area contributed by atoms with Gasteiger partial charge in [0.15, 0.2) is 0 Å². The molecule has 0 saturated heterocycles. The van der Waals surface area contributed by atoms with Crippen LogP contribution in [0.1, 0.15) is 30.9 Å². The SMILES string of the molecule is CCCc1ccc(-c2cccc(CCCN)c2)cc1. The normalized spacial score (nSPS) is 10.6. The van der Waals surface area contributed by atoms with Crippen LogP contribution in [0.4, 0.5) is 0 Å². The summed E-state index contributed by atoms with van der Waals surface area (Å²) in [6.45, 7) is 2.98. The highest BCUT2D eigenvalue weighted by atomic mass is 14.5. The van der Waals surface area contributed by atoms with E-state index < -0.39 is 0 Å². The lowest BCUT2D eigenvalue weighted by Gasteiger charge is -2.06. The van der Waals surface area contributed by atoms with Crippen LogP contribution < -0.4 is 5.73 Å². The van der Waals surface area contributed by atoms with Crippen LogP contribution in [-0.2, 0) is 12.8 Å². The van der Waals surface area contributed by atoms with Gasteiger partial charge in [0, 0.05) is 0 Å². The second-order valence-electron chi connectivity index (χ2n) is 5.04. The Kier molecular flexibility index (Phi) is 5.17. The van der Waals surface area contributed by atoms with E-state index in [1.807, 2.05) is 0 Å². The molecule has 0 unspecified atom stereocenters. The zero-order valence-corrected chi connectivity index (χ0v) is 11.7. The van der Waals surface area contributed by atoms with Crippen molar-refractivity contribution in [3.05, 3.63) is 59.7 Å². The molecule has 0 bridgehead atoms. The molecule has 2 aromatic rings. The lowest BCUT2D eigenvalue weighted by molar-refractivity contribution is 0.833. The van der Waals surface area contributed by atoms with E-state index in [4.69, 9.17) is 5.73 Å². The van der Waals surface area contributed by atoms with Gasteiger partial charge in [-0.1, -0.05) is 61.9 Å². The molecule has 0 heterocycles. The Bertz CT molecular complexity index is 499. The Hall–Kier alpha value is -1.60. The Morgan fingerprint density at radius 1 is 0.842 bits per heavy atom. The minimum Gasteiger partial charge on any atom is -0.330 e. The first-order valence-corrected chi connectivity index (χ1v) is 7.22. The first kappa shape index (κ1) is 13.8. The van der Waals surface area contributed by atoms with Crippen molar-refractivity contribution in [2.75, 3.05) is 6.54 Å². The van der Waals surface area contributed by atoms with Crippen molar-refractivity contribution in [1.82, 2.24) is 0 Å². The smallest absolute Gasteiger partial charge is 0.00741 e. The summed E-state index contributed by atoms with van der Waals surface area (Å²) in [5, 5.41) is 0. The second kappa shape index (κ2) is 7.10. The summed E-state index contributed by atoms with van der Waals surface area (Å²) in [4.78, 5) is 0. The van der Waals surface area contributed by atoms with Gasteiger partial charge in [-0.2, -0.15) is 0 Å². The van der Waals surface area contributed by atoms with E-state index in [0.717, 1.165) is 25.8 Å². The van der Waals surface area contributed by atoms with E-state index >= 15 is 0 Å². The van der Waals surface area contributed by atoms with Gasteiger partial charge < -0.3 is 5.73 Å². The van der Waals surface area contributed by atoms with Gasteiger partial charge >= 0.3 is 0 Å². The monoisotopic (exact) mass is 253 g/mol. The van der Waals surface area contributed by atoms with Gasteiger partial charge in [0.2, 0.25) is 0 Å². The molecular weight excluding hydrogens is 230 g/mol. The van der Waals surface area contributed by atoms with Crippen LogP contribution in [0.5, 0.6) is 0 Å². The second-order valence-corrected chi connectivity index (χ2v) is 5.04. The predicted molar refractivity (Wildman–Crippen MR) is 83.2 cm³/mol. The van der Waals surface area contributed by atoms with Gasteiger partial charge in [-0.3, -0.25) is 0 Å². The Labute approximate surface area is 116 Å². The lowest BCUT2D eigenvalue weighted by Crippen LogP contribution is -2.00. The number of hydrogen-bond acceptors (Lipinski definition) is 1. The molecule has 0 amide bonds. The van der Waals surface area contributed by atoms with E-state index in [0.29, 0.717) is 0 Å². The number of hydrogen-bond donors (Lipinski definition) is 1. The highest BCUT2D eigenvalue weighted by Gasteiger charge is 2.00. The average Bonchev–Trinajstić information content (AvgIpc) is 2.46. The molecule has 0 aliphatic carbocycles. The van der Waals surface area contributed by atoms with Crippen LogP contribution in [0.25, 0.3) is 11.1 Å². The van der Waals surface area contributed by atoms with Gasteiger partial charge in [-0.25, -0.2) is 0 Å². The van der Waals surface area contributed by atoms with Gasteiger partial charge in [0.05, 0.1) is 0 Å². The van der Waals surface area contributed by atoms with Gasteiger partial charge in [0.25, 0.3) is 0 Å². The molecule has 0 aliphatic rings. The quantitative estimate of drug-likeness (QED) is 0.820. The number of rotatable bonds is 6. The predicted octanol–water partition coefficient (Wildman–Crippen LogP) is 4.20. The maximum Gasteiger partial charge on any atom is -0.00741 e. The minimum atomic E-state index is 0.760. The van der Waals surface area contributed by atoms with E-state index in [2.05, 4.69) is 55.5 Å². The van der Waals surface area contributed by atoms with E-state index in [1.54, 1.807) is 0 Å². The molecule has 2 N–H and O–H groups in total. The zero-order chi connectivity index (χ0) is 13.5. The fraction of sp³-hybridized carbons (Fsp3) is 0.333. The Balaban J connectivity index is 2.16. The Morgan fingerprint density at radius 3 is 2.32 bits per heavy atom. The summed E-state index contributed by atoms with van der Waals surface area (Å²) in [5.41, 5.74) is 11.0. The summed E-state index contributed by atoms with van der Waals surface area (Å²) in [6.07, 6.45) is 4.49.